The van der Waals surface area contributed by atoms with Crippen molar-refractivity contribution in [3.8, 4) is 0 Å². The summed E-state index contributed by atoms with van der Waals surface area (Å²) < 4.78 is 0. The van der Waals surface area contributed by atoms with Crippen LogP contribution in [0.3, 0.4) is 0 Å². The number of hydrogen-bond acceptors (Lipinski definition) is 1. The zero-order valence-corrected chi connectivity index (χ0v) is 11.2. The fourth-order valence-corrected chi connectivity index (χ4v) is 2.14. The van der Waals surface area contributed by atoms with E-state index in [1.807, 2.05) is 6.07 Å². The summed E-state index contributed by atoms with van der Waals surface area (Å²) in [6, 6.07) is 19.7. The highest BCUT2D eigenvalue weighted by atomic mass is 14.9. The van der Waals surface area contributed by atoms with Crippen LogP contribution >= 0.6 is 0 Å². The van der Waals surface area contributed by atoms with E-state index in [0.29, 0.717) is 6.04 Å². The van der Waals surface area contributed by atoms with Gasteiger partial charge in [-0.05, 0) is 36.1 Å². The fraction of sp³-hybridized carbons (Fsp3) is 0.294. The molecule has 1 nitrogen and oxygen atoms in total. The maximum absolute atomic E-state index is 3.58. The molecule has 2 aromatic rings. The molecule has 0 bridgehead atoms. The van der Waals surface area contributed by atoms with Crippen molar-refractivity contribution in [3.63, 3.8) is 0 Å². The molecule has 0 aliphatic carbocycles. The van der Waals surface area contributed by atoms with Crippen molar-refractivity contribution < 1.29 is 0 Å². The minimum Gasteiger partial charge on any atom is -0.378 e. The predicted molar refractivity (Wildman–Crippen MR) is 78.9 cm³/mol. The zero-order valence-electron chi connectivity index (χ0n) is 11.2. The Morgan fingerprint density at radius 2 is 1.56 bits per heavy atom. The van der Waals surface area contributed by atoms with E-state index in [-0.39, 0.29) is 0 Å². The molecular weight excluding hydrogens is 218 g/mol. The van der Waals surface area contributed by atoms with Crippen molar-refractivity contribution in [2.45, 2.75) is 32.7 Å². The summed E-state index contributed by atoms with van der Waals surface area (Å²) in [6.07, 6.45) is 2.18. The van der Waals surface area contributed by atoms with E-state index < -0.39 is 0 Å². The number of rotatable bonds is 5. The first-order chi connectivity index (χ1) is 8.83. The topological polar surface area (TPSA) is 12.0 Å². The third kappa shape index (κ3) is 3.13. The lowest BCUT2D eigenvalue weighted by Crippen LogP contribution is -2.09. The molecule has 2 rings (SSSR count). The summed E-state index contributed by atoms with van der Waals surface area (Å²) in [7, 11) is 0. The van der Waals surface area contributed by atoms with E-state index in [9.17, 15) is 0 Å². The molecule has 0 amide bonds. The Hall–Kier alpha value is -1.76. The monoisotopic (exact) mass is 239 g/mol. The van der Waals surface area contributed by atoms with E-state index in [2.05, 4.69) is 67.7 Å². The largest absolute Gasteiger partial charge is 0.378 e. The van der Waals surface area contributed by atoms with Gasteiger partial charge in [0.15, 0.2) is 0 Å². The van der Waals surface area contributed by atoms with Crippen LogP contribution in [0.1, 0.15) is 37.4 Å². The number of nitrogens with one attached hydrogen (secondary N) is 1. The first kappa shape index (κ1) is 12.7. The summed E-state index contributed by atoms with van der Waals surface area (Å²) in [5.74, 6) is 0. The summed E-state index contributed by atoms with van der Waals surface area (Å²) in [5.41, 5.74) is 3.94. The van der Waals surface area contributed by atoms with Crippen LogP contribution in [-0.4, -0.2) is 0 Å². The Morgan fingerprint density at radius 1 is 0.889 bits per heavy atom. The molecule has 1 atom stereocenters. The van der Waals surface area contributed by atoms with E-state index in [0.717, 1.165) is 12.8 Å². The molecular formula is C17H21N. The molecule has 1 unspecified atom stereocenters. The minimum absolute atomic E-state index is 0.387. The molecule has 94 valence electrons. The van der Waals surface area contributed by atoms with Crippen LogP contribution in [0.15, 0.2) is 54.6 Å². The van der Waals surface area contributed by atoms with Gasteiger partial charge in [-0.25, -0.2) is 0 Å². The molecule has 1 heteroatoms. The predicted octanol–water partition coefficient (Wildman–Crippen LogP) is 4.81. The third-order valence-corrected chi connectivity index (χ3v) is 3.31. The van der Waals surface area contributed by atoms with Gasteiger partial charge in [0.25, 0.3) is 0 Å². The Kier molecular flexibility index (Phi) is 4.40. The molecule has 0 saturated heterocycles. The van der Waals surface area contributed by atoms with Gasteiger partial charge in [-0.1, -0.05) is 56.3 Å². The molecule has 18 heavy (non-hydrogen) atoms. The van der Waals surface area contributed by atoms with Crippen molar-refractivity contribution in [3.05, 3.63) is 65.7 Å². The first-order valence-corrected chi connectivity index (χ1v) is 6.74. The number of hydrogen-bond donors (Lipinski definition) is 1. The summed E-state index contributed by atoms with van der Waals surface area (Å²) in [6.45, 7) is 4.41. The highest BCUT2D eigenvalue weighted by Gasteiger charge is 2.08. The third-order valence-electron chi connectivity index (χ3n) is 3.31. The van der Waals surface area contributed by atoms with Crippen LogP contribution in [0, 0.1) is 0 Å². The maximum atomic E-state index is 3.58. The van der Waals surface area contributed by atoms with Crippen molar-refractivity contribution in [2.75, 3.05) is 5.32 Å². The lowest BCUT2D eigenvalue weighted by molar-refractivity contribution is 0.749. The molecule has 0 saturated carbocycles. The number of aryl methyl sites for hydroxylation is 1. The van der Waals surface area contributed by atoms with Gasteiger partial charge >= 0.3 is 0 Å². The molecule has 0 spiro atoms. The van der Waals surface area contributed by atoms with Crippen molar-refractivity contribution in [1.29, 1.82) is 0 Å². The van der Waals surface area contributed by atoms with Crippen LogP contribution in [0.25, 0.3) is 0 Å². The quantitative estimate of drug-likeness (QED) is 0.789. The molecule has 0 aliphatic rings. The molecule has 2 aromatic carbocycles. The van der Waals surface area contributed by atoms with Crippen LogP contribution in [0.4, 0.5) is 5.69 Å². The van der Waals surface area contributed by atoms with E-state index in [1.54, 1.807) is 0 Å². The molecule has 0 fully saturated rings. The maximum Gasteiger partial charge on any atom is 0.0511 e. The van der Waals surface area contributed by atoms with Gasteiger partial charge in [-0.15, -0.1) is 0 Å². The van der Waals surface area contributed by atoms with Gasteiger partial charge in [0.2, 0.25) is 0 Å². The molecule has 0 aliphatic heterocycles. The van der Waals surface area contributed by atoms with Gasteiger partial charge in [0.1, 0.15) is 0 Å². The fourth-order valence-electron chi connectivity index (χ4n) is 2.14. The second-order valence-corrected chi connectivity index (χ2v) is 4.57. The van der Waals surface area contributed by atoms with Crippen LogP contribution in [0.5, 0.6) is 0 Å². The number of para-hydroxylation sites is 1. The summed E-state index contributed by atoms with van der Waals surface area (Å²) >= 11 is 0. The second-order valence-electron chi connectivity index (χ2n) is 4.57. The van der Waals surface area contributed by atoms with E-state index in [1.165, 1.54) is 16.8 Å². The Balaban J connectivity index is 2.12. The first-order valence-electron chi connectivity index (χ1n) is 6.74. The normalized spacial score (nSPS) is 12.1. The lowest BCUT2D eigenvalue weighted by Gasteiger charge is -2.19. The standard InChI is InChI=1S/C17H21N/c1-3-14-10-12-15(13-11-14)17(4-2)18-16-8-6-5-7-9-16/h5-13,17-18H,3-4H2,1-2H3. The van der Waals surface area contributed by atoms with Crippen LogP contribution in [0.2, 0.25) is 0 Å². The van der Waals surface area contributed by atoms with Gasteiger partial charge in [0.05, 0.1) is 6.04 Å². The van der Waals surface area contributed by atoms with Crippen LogP contribution < -0.4 is 5.32 Å². The second kappa shape index (κ2) is 6.25. The SMILES string of the molecule is CCc1ccc(C(CC)Nc2ccccc2)cc1. The Bertz CT molecular complexity index is 459. The number of benzene rings is 2. The van der Waals surface area contributed by atoms with E-state index >= 15 is 0 Å². The van der Waals surface area contributed by atoms with Crippen LogP contribution in [-0.2, 0) is 6.42 Å². The molecule has 0 aromatic heterocycles. The molecule has 0 radical (unpaired) electrons. The van der Waals surface area contributed by atoms with Crippen molar-refractivity contribution in [2.24, 2.45) is 0 Å². The Morgan fingerprint density at radius 3 is 2.11 bits per heavy atom. The highest BCUT2D eigenvalue weighted by Crippen LogP contribution is 2.22. The van der Waals surface area contributed by atoms with Crippen molar-refractivity contribution in [1.82, 2.24) is 0 Å². The average molecular weight is 239 g/mol. The summed E-state index contributed by atoms with van der Waals surface area (Å²) in [4.78, 5) is 0. The van der Waals surface area contributed by atoms with E-state index in [4.69, 9.17) is 0 Å². The van der Waals surface area contributed by atoms with Gasteiger partial charge in [0, 0.05) is 5.69 Å². The molecule has 1 N–H and O–H groups in total. The average Bonchev–Trinajstić information content (AvgIpc) is 2.46. The zero-order chi connectivity index (χ0) is 12.8. The van der Waals surface area contributed by atoms with Gasteiger partial charge in [-0.3, -0.25) is 0 Å². The smallest absolute Gasteiger partial charge is 0.0511 e. The Labute approximate surface area is 110 Å². The number of anilines is 1. The lowest BCUT2D eigenvalue weighted by atomic mass is 10.0. The van der Waals surface area contributed by atoms with Gasteiger partial charge < -0.3 is 5.32 Å². The highest BCUT2D eigenvalue weighted by molar-refractivity contribution is 5.45. The van der Waals surface area contributed by atoms with Gasteiger partial charge in [-0.2, -0.15) is 0 Å². The molecule has 0 heterocycles. The summed E-state index contributed by atoms with van der Waals surface area (Å²) in [5, 5.41) is 3.58. The minimum atomic E-state index is 0.387. The van der Waals surface area contributed by atoms with Crippen molar-refractivity contribution >= 4 is 5.69 Å².